The highest BCUT2D eigenvalue weighted by Gasteiger charge is 2.16. The maximum Gasteiger partial charge on any atom is 0.246 e. The van der Waals surface area contributed by atoms with Gasteiger partial charge in [0, 0.05) is 18.0 Å². The first-order valence-electron chi connectivity index (χ1n) is 8.06. The third-order valence-electron chi connectivity index (χ3n) is 4.02. The smallest absolute Gasteiger partial charge is 0.246 e. The summed E-state index contributed by atoms with van der Waals surface area (Å²) >= 11 is 1.65. The lowest BCUT2D eigenvalue weighted by Gasteiger charge is -2.22. The summed E-state index contributed by atoms with van der Waals surface area (Å²) in [5.41, 5.74) is 1.82. The van der Waals surface area contributed by atoms with Crippen LogP contribution in [-0.4, -0.2) is 32.8 Å². The number of rotatable bonds is 6. The summed E-state index contributed by atoms with van der Waals surface area (Å²) in [5, 5.41) is 10.2. The van der Waals surface area contributed by atoms with Crippen molar-refractivity contribution in [2.75, 3.05) is 7.05 Å². The van der Waals surface area contributed by atoms with Crippen LogP contribution in [0.25, 0.3) is 6.08 Å². The second-order valence-electron chi connectivity index (χ2n) is 5.80. The van der Waals surface area contributed by atoms with Crippen LogP contribution in [0.4, 0.5) is 0 Å². The Morgan fingerprint density at radius 2 is 2.08 bits per heavy atom. The lowest BCUT2D eigenvalue weighted by atomic mass is 10.2. The molecule has 2 heterocycles. The number of hydrogen-bond donors (Lipinski definition) is 0. The molecule has 0 radical (unpaired) electrons. The molecule has 3 rings (SSSR count). The molecule has 0 aliphatic carbocycles. The lowest BCUT2D eigenvalue weighted by molar-refractivity contribution is -0.126. The van der Waals surface area contributed by atoms with Crippen molar-refractivity contribution < 1.29 is 4.79 Å². The van der Waals surface area contributed by atoms with E-state index >= 15 is 0 Å². The van der Waals surface area contributed by atoms with Crippen molar-refractivity contribution >= 4 is 23.3 Å². The molecule has 0 N–H and O–H groups in total. The molecular weight excluding hydrogens is 332 g/mol. The zero-order chi connectivity index (χ0) is 17.6. The number of nitrogens with zero attached hydrogens (tertiary/aromatic N) is 4. The summed E-state index contributed by atoms with van der Waals surface area (Å²) in [4.78, 5) is 15.2. The van der Waals surface area contributed by atoms with Gasteiger partial charge in [0.2, 0.25) is 5.91 Å². The van der Waals surface area contributed by atoms with Gasteiger partial charge in [0.15, 0.2) is 0 Å². The Hall–Kier alpha value is -2.73. The van der Waals surface area contributed by atoms with Crippen LogP contribution in [0.1, 0.15) is 29.1 Å². The number of thiophene rings is 1. The number of carbonyl (C=O) groups is 1. The molecule has 5 nitrogen and oxygen atoms in total. The maximum atomic E-state index is 12.3. The molecule has 0 saturated heterocycles. The number of likely N-dealkylation sites (N-methyl/N-ethyl adjacent to an activating group) is 1. The first-order chi connectivity index (χ1) is 12.1. The number of amides is 1. The van der Waals surface area contributed by atoms with Crippen molar-refractivity contribution in [2.45, 2.75) is 19.5 Å². The zero-order valence-electron chi connectivity index (χ0n) is 14.2. The molecule has 1 aromatic carbocycles. The van der Waals surface area contributed by atoms with E-state index < -0.39 is 0 Å². The Bertz CT molecular complexity index is 839. The molecule has 6 heteroatoms. The molecule has 1 amide bonds. The van der Waals surface area contributed by atoms with Gasteiger partial charge in [-0.05, 0) is 30.0 Å². The molecule has 0 aliphatic rings. The van der Waals surface area contributed by atoms with Crippen LogP contribution >= 0.6 is 11.3 Å². The van der Waals surface area contributed by atoms with E-state index in [4.69, 9.17) is 0 Å². The van der Waals surface area contributed by atoms with Gasteiger partial charge in [0.25, 0.3) is 0 Å². The standard InChI is InChI=1S/C19H20N4OS/c1-15(18-9-6-12-25-18)22(2)19(24)11-10-17-14-23(21-20-17)13-16-7-4-3-5-8-16/h3-12,14-15H,13H2,1-2H3/b11-10+/t15-/m0/s1. The molecule has 0 spiro atoms. The molecule has 3 aromatic rings. The first kappa shape index (κ1) is 17.1. The Balaban J connectivity index is 1.61. The molecular formula is C19H20N4OS. The molecule has 1 atom stereocenters. The highest BCUT2D eigenvalue weighted by atomic mass is 32.1. The van der Waals surface area contributed by atoms with Crippen LogP contribution in [0.5, 0.6) is 0 Å². The number of hydrogen-bond acceptors (Lipinski definition) is 4. The van der Waals surface area contributed by atoms with Crippen LogP contribution in [-0.2, 0) is 11.3 Å². The van der Waals surface area contributed by atoms with Gasteiger partial charge >= 0.3 is 0 Å². The topological polar surface area (TPSA) is 51.0 Å². The predicted octanol–water partition coefficient (Wildman–Crippen LogP) is 3.62. The minimum Gasteiger partial charge on any atom is -0.335 e. The normalized spacial score (nSPS) is 12.4. The van der Waals surface area contributed by atoms with Crippen molar-refractivity contribution in [1.82, 2.24) is 19.9 Å². The van der Waals surface area contributed by atoms with Gasteiger partial charge in [-0.15, -0.1) is 16.4 Å². The Morgan fingerprint density at radius 3 is 2.80 bits per heavy atom. The SMILES string of the molecule is C[C@@H](c1cccs1)N(C)C(=O)/C=C/c1cn(Cc2ccccc2)nn1. The first-order valence-corrected chi connectivity index (χ1v) is 8.94. The van der Waals surface area contributed by atoms with Crippen molar-refractivity contribution in [3.63, 3.8) is 0 Å². The molecule has 0 aliphatic heterocycles. The molecule has 2 aromatic heterocycles. The fraction of sp³-hybridized carbons (Fsp3) is 0.211. The van der Waals surface area contributed by atoms with Crippen molar-refractivity contribution in [3.8, 4) is 0 Å². The van der Waals surface area contributed by atoms with Crippen LogP contribution in [0.3, 0.4) is 0 Å². The fourth-order valence-electron chi connectivity index (χ4n) is 2.42. The second kappa shape index (κ2) is 7.90. The third-order valence-corrected chi connectivity index (χ3v) is 5.07. The Kier molecular flexibility index (Phi) is 5.40. The molecule has 0 fully saturated rings. The van der Waals surface area contributed by atoms with Gasteiger partial charge in [0.05, 0.1) is 18.8 Å². The van der Waals surface area contributed by atoms with Crippen molar-refractivity contribution in [1.29, 1.82) is 0 Å². The average molecular weight is 352 g/mol. The van der Waals surface area contributed by atoms with E-state index in [0.717, 1.165) is 10.4 Å². The van der Waals surface area contributed by atoms with Gasteiger partial charge in [-0.25, -0.2) is 4.68 Å². The van der Waals surface area contributed by atoms with Crippen LogP contribution in [0.2, 0.25) is 0 Å². The summed E-state index contributed by atoms with van der Waals surface area (Å²) in [5.74, 6) is -0.0569. The monoisotopic (exact) mass is 352 g/mol. The number of benzene rings is 1. The molecule has 25 heavy (non-hydrogen) atoms. The van der Waals surface area contributed by atoms with Gasteiger partial charge in [-0.1, -0.05) is 41.6 Å². The van der Waals surface area contributed by atoms with E-state index in [1.54, 1.807) is 33.1 Å². The average Bonchev–Trinajstić information content (AvgIpc) is 3.31. The van der Waals surface area contributed by atoms with Gasteiger partial charge < -0.3 is 4.90 Å². The van der Waals surface area contributed by atoms with Crippen molar-refractivity contribution in [3.05, 3.63) is 76.3 Å². The third kappa shape index (κ3) is 4.42. The zero-order valence-corrected chi connectivity index (χ0v) is 15.1. The van der Waals surface area contributed by atoms with E-state index in [1.165, 1.54) is 0 Å². The van der Waals surface area contributed by atoms with Crippen LogP contribution < -0.4 is 0 Å². The quantitative estimate of drug-likeness (QED) is 0.637. The summed E-state index contributed by atoms with van der Waals surface area (Å²) < 4.78 is 1.76. The van der Waals surface area contributed by atoms with Crippen molar-refractivity contribution in [2.24, 2.45) is 0 Å². The van der Waals surface area contributed by atoms with E-state index in [-0.39, 0.29) is 11.9 Å². The second-order valence-corrected chi connectivity index (χ2v) is 6.78. The summed E-state index contributed by atoms with van der Waals surface area (Å²) in [6, 6.07) is 14.1. The van der Waals surface area contributed by atoms with E-state index in [2.05, 4.69) is 10.3 Å². The van der Waals surface area contributed by atoms with Crippen LogP contribution in [0, 0.1) is 0 Å². The van der Waals surface area contributed by atoms with Crippen LogP contribution in [0.15, 0.2) is 60.1 Å². The van der Waals surface area contributed by atoms with Gasteiger partial charge in [-0.2, -0.15) is 0 Å². The molecule has 0 saturated carbocycles. The predicted molar refractivity (Wildman–Crippen MR) is 100 cm³/mol. The Morgan fingerprint density at radius 1 is 1.28 bits per heavy atom. The van der Waals surface area contributed by atoms with Gasteiger partial charge in [0.1, 0.15) is 5.69 Å². The Labute approximate surface area is 151 Å². The van der Waals surface area contributed by atoms with Gasteiger partial charge in [-0.3, -0.25) is 4.79 Å². The van der Waals surface area contributed by atoms with E-state index in [9.17, 15) is 4.79 Å². The minimum atomic E-state index is -0.0569. The van der Waals surface area contributed by atoms with E-state index in [0.29, 0.717) is 12.2 Å². The van der Waals surface area contributed by atoms with E-state index in [1.807, 2.05) is 68.0 Å². The fourth-order valence-corrected chi connectivity index (χ4v) is 3.25. The maximum absolute atomic E-state index is 12.3. The molecule has 0 bridgehead atoms. The largest absolute Gasteiger partial charge is 0.335 e. The highest BCUT2D eigenvalue weighted by molar-refractivity contribution is 7.10. The number of aromatic nitrogens is 3. The molecule has 0 unspecified atom stereocenters. The lowest BCUT2D eigenvalue weighted by Crippen LogP contribution is -2.27. The highest BCUT2D eigenvalue weighted by Crippen LogP contribution is 2.23. The minimum absolute atomic E-state index is 0.0471. The summed E-state index contributed by atoms with van der Waals surface area (Å²) in [7, 11) is 1.81. The summed E-state index contributed by atoms with van der Waals surface area (Å²) in [6.45, 7) is 2.68. The summed E-state index contributed by atoms with van der Waals surface area (Å²) in [6.07, 6.45) is 5.08. The number of carbonyl (C=O) groups excluding carboxylic acids is 1. The molecule has 128 valence electrons.